The molecule has 0 aliphatic carbocycles. The summed E-state index contributed by atoms with van der Waals surface area (Å²) in [6.07, 6.45) is 0. The number of hydrogen-bond acceptors (Lipinski definition) is 5. The molecule has 0 bridgehead atoms. The highest BCUT2D eigenvalue weighted by Crippen LogP contribution is 2.37. The highest BCUT2D eigenvalue weighted by molar-refractivity contribution is 5.94. The molecular weight excluding hydrogens is 280 g/mol. The summed E-state index contributed by atoms with van der Waals surface area (Å²) < 4.78 is 5.14. The van der Waals surface area contributed by atoms with Crippen molar-refractivity contribution in [3.8, 4) is 17.7 Å². The summed E-state index contributed by atoms with van der Waals surface area (Å²) in [6, 6.07) is 14.1. The minimum Gasteiger partial charge on any atom is -0.497 e. The van der Waals surface area contributed by atoms with Crippen LogP contribution in [0.4, 0.5) is 11.4 Å². The van der Waals surface area contributed by atoms with Crippen LogP contribution < -0.4 is 4.74 Å². The first kappa shape index (κ1) is 13.6. The largest absolute Gasteiger partial charge is 0.497 e. The van der Waals surface area contributed by atoms with Crippen LogP contribution in [0.15, 0.2) is 52.7 Å². The van der Waals surface area contributed by atoms with E-state index in [-0.39, 0.29) is 5.88 Å². The number of nitriles is 1. The molecule has 1 heterocycles. The number of ether oxygens (including phenoxy) is 1. The van der Waals surface area contributed by atoms with Crippen LogP contribution in [-0.4, -0.2) is 17.2 Å². The van der Waals surface area contributed by atoms with Crippen molar-refractivity contribution in [2.45, 2.75) is 0 Å². The number of H-pyrrole nitrogens is 1. The minimum atomic E-state index is -0.0550. The lowest BCUT2D eigenvalue weighted by atomic mass is 10.2. The number of azo groups is 1. The third-order valence-corrected chi connectivity index (χ3v) is 3.22. The Morgan fingerprint density at radius 3 is 2.59 bits per heavy atom. The third kappa shape index (κ3) is 2.47. The number of hydrogen-bond donors (Lipinski definition) is 2. The average Bonchev–Trinajstić information content (AvgIpc) is 2.87. The van der Waals surface area contributed by atoms with Crippen LogP contribution >= 0.6 is 0 Å². The van der Waals surface area contributed by atoms with Gasteiger partial charge in [-0.2, -0.15) is 10.4 Å². The Kier molecular flexibility index (Phi) is 3.46. The molecule has 0 saturated heterocycles. The Morgan fingerprint density at radius 1 is 1.14 bits per heavy atom. The summed E-state index contributed by atoms with van der Waals surface area (Å²) in [4.78, 5) is 2.84. The number of benzene rings is 2. The Hall–Kier alpha value is -3.33. The average molecular weight is 292 g/mol. The van der Waals surface area contributed by atoms with Crippen molar-refractivity contribution in [1.29, 1.82) is 5.26 Å². The second-order valence-electron chi connectivity index (χ2n) is 4.59. The molecule has 3 rings (SSSR count). The van der Waals surface area contributed by atoms with Gasteiger partial charge in [0.1, 0.15) is 5.75 Å². The van der Waals surface area contributed by atoms with E-state index in [1.165, 1.54) is 0 Å². The van der Waals surface area contributed by atoms with Gasteiger partial charge in [-0.3, -0.25) is 0 Å². The zero-order valence-electron chi connectivity index (χ0n) is 11.7. The molecule has 0 aliphatic heterocycles. The second kappa shape index (κ2) is 5.58. The smallest absolute Gasteiger partial charge is 0.218 e. The van der Waals surface area contributed by atoms with Crippen LogP contribution in [0.1, 0.15) is 5.56 Å². The summed E-state index contributed by atoms with van der Waals surface area (Å²) >= 11 is 0. The van der Waals surface area contributed by atoms with E-state index in [1.54, 1.807) is 49.6 Å². The van der Waals surface area contributed by atoms with Gasteiger partial charge in [-0.1, -0.05) is 0 Å². The molecule has 6 nitrogen and oxygen atoms in total. The van der Waals surface area contributed by atoms with Crippen molar-refractivity contribution in [3.63, 3.8) is 0 Å². The van der Waals surface area contributed by atoms with Gasteiger partial charge < -0.3 is 14.8 Å². The normalized spacial score (nSPS) is 10.9. The van der Waals surface area contributed by atoms with Crippen LogP contribution in [0, 0.1) is 11.3 Å². The van der Waals surface area contributed by atoms with Crippen LogP contribution in [0.3, 0.4) is 0 Å². The fourth-order valence-corrected chi connectivity index (χ4v) is 2.09. The maximum Gasteiger partial charge on any atom is 0.218 e. The summed E-state index contributed by atoms with van der Waals surface area (Å²) in [6.45, 7) is 0. The number of rotatable bonds is 3. The van der Waals surface area contributed by atoms with E-state index in [9.17, 15) is 5.11 Å². The molecule has 0 unspecified atom stereocenters. The van der Waals surface area contributed by atoms with Gasteiger partial charge in [0.15, 0.2) is 5.69 Å². The number of methoxy groups -OCH3 is 1. The molecule has 0 amide bonds. The Labute approximate surface area is 126 Å². The molecule has 0 radical (unpaired) electrons. The van der Waals surface area contributed by atoms with E-state index in [1.807, 2.05) is 6.07 Å². The van der Waals surface area contributed by atoms with E-state index in [0.29, 0.717) is 28.2 Å². The first-order valence-electron chi connectivity index (χ1n) is 6.52. The monoisotopic (exact) mass is 292 g/mol. The number of nitrogens with zero attached hydrogens (tertiary/aromatic N) is 3. The van der Waals surface area contributed by atoms with Crippen molar-refractivity contribution in [2.24, 2.45) is 10.2 Å². The highest BCUT2D eigenvalue weighted by atomic mass is 16.5. The molecule has 0 atom stereocenters. The van der Waals surface area contributed by atoms with Gasteiger partial charge in [0.05, 0.1) is 29.9 Å². The number of aromatic hydroxyl groups is 1. The summed E-state index contributed by atoms with van der Waals surface area (Å²) in [5.41, 5.74) is 2.23. The van der Waals surface area contributed by atoms with E-state index < -0.39 is 0 Å². The molecule has 0 aliphatic rings. The standard InChI is InChI=1S/C16H12N4O2/c1-22-12-6-7-13-14(8-12)18-16(21)15(13)20-19-11-4-2-10(9-17)3-5-11/h2-8,18,21H,1H3. The zero-order chi connectivity index (χ0) is 15.5. The van der Waals surface area contributed by atoms with Gasteiger partial charge in [-0.05, 0) is 36.4 Å². The van der Waals surface area contributed by atoms with Crippen LogP contribution in [0.25, 0.3) is 10.9 Å². The lowest BCUT2D eigenvalue weighted by Gasteiger charge is -1.98. The molecule has 0 saturated carbocycles. The summed E-state index contributed by atoms with van der Waals surface area (Å²) in [5.74, 6) is 0.630. The molecule has 1 aromatic heterocycles. The SMILES string of the molecule is COc1ccc2c(N=Nc3ccc(C#N)cc3)c(O)[nH]c2c1. The molecule has 0 spiro atoms. The molecule has 6 heteroatoms. The highest BCUT2D eigenvalue weighted by Gasteiger charge is 2.11. The molecule has 3 aromatic rings. The maximum atomic E-state index is 9.97. The fourth-order valence-electron chi connectivity index (χ4n) is 2.09. The first-order chi connectivity index (χ1) is 10.7. The number of fused-ring (bicyclic) bond motifs is 1. The van der Waals surface area contributed by atoms with Gasteiger partial charge in [-0.25, -0.2) is 0 Å². The molecule has 22 heavy (non-hydrogen) atoms. The molecular formula is C16H12N4O2. The molecule has 2 aromatic carbocycles. The molecule has 2 N–H and O–H groups in total. The van der Waals surface area contributed by atoms with E-state index in [2.05, 4.69) is 15.2 Å². The first-order valence-corrected chi connectivity index (χ1v) is 6.52. The second-order valence-corrected chi connectivity index (χ2v) is 4.59. The number of nitrogens with one attached hydrogen (secondary N) is 1. The number of aromatic amines is 1. The van der Waals surface area contributed by atoms with Crippen molar-refractivity contribution in [3.05, 3.63) is 48.0 Å². The summed E-state index contributed by atoms with van der Waals surface area (Å²) in [7, 11) is 1.58. The van der Waals surface area contributed by atoms with Gasteiger partial charge in [0, 0.05) is 11.5 Å². The van der Waals surface area contributed by atoms with Gasteiger partial charge in [0.25, 0.3) is 0 Å². The van der Waals surface area contributed by atoms with Crippen LogP contribution in [-0.2, 0) is 0 Å². The van der Waals surface area contributed by atoms with Gasteiger partial charge >= 0.3 is 0 Å². The predicted octanol–water partition coefficient (Wildman–Crippen LogP) is 4.17. The fraction of sp³-hybridized carbons (Fsp3) is 0.0625. The topological polar surface area (TPSA) is 93.8 Å². The maximum absolute atomic E-state index is 9.97. The Bertz CT molecular complexity index is 889. The van der Waals surface area contributed by atoms with Crippen LogP contribution in [0.5, 0.6) is 11.6 Å². The molecule has 0 fully saturated rings. The Morgan fingerprint density at radius 2 is 1.91 bits per heavy atom. The number of aromatic nitrogens is 1. The lowest BCUT2D eigenvalue weighted by Crippen LogP contribution is -1.80. The van der Waals surface area contributed by atoms with Crippen molar-refractivity contribution >= 4 is 22.3 Å². The molecule has 108 valence electrons. The lowest BCUT2D eigenvalue weighted by molar-refractivity contribution is 0.415. The third-order valence-electron chi connectivity index (χ3n) is 3.22. The van der Waals surface area contributed by atoms with Gasteiger partial charge in [-0.15, -0.1) is 5.11 Å². The van der Waals surface area contributed by atoms with E-state index in [0.717, 1.165) is 5.39 Å². The summed E-state index contributed by atoms with van der Waals surface area (Å²) in [5, 5.41) is 27.6. The zero-order valence-corrected chi connectivity index (χ0v) is 11.7. The van der Waals surface area contributed by atoms with E-state index >= 15 is 0 Å². The quantitative estimate of drug-likeness (QED) is 0.709. The van der Waals surface area contributed by atoms with Crippen molar-refractivity contribution < 1.29 is 9.84 Å². The van der Waals surface area contributed by atoms with Gasteiger partial charge in [0.2, 0.25) is 5.88 Å². The van der Waals surface area contributed by atoms with Crippen molar-refractivity contribution in [1.82, 2.24) is 4.98 Å². The van der Waals surface area contributed by atoms with Crippen LogP contribution in [0.2, 0.25) is 0 Å². The van der Waals surface area contributed by atoms with Crippen molar-refractivity contribution in [2.75, 3.05) is 7.11 Å². The van der Waals surface area contributed by atoms with E-state index in [4.69, 9.17) is 10.00 Å². The minimum absolute atomic E-state index is 0.0550. The Balaban J connectivity index is 1.97. The predicted molar refractivity (Wildman–Crippen MR) is 81.8 cm³/mol.